The second-order valence-corrected chi connectivity index (χ2v) is 5.14. The number of thioether (sulfide) groups is 1. The lowest BCUT2D eigenvalue weighted by Crippen LogP contribution is -2.14. The zero-order valence-electron chi connectivity index (χ0n) is 10.1. The molecule has 0 aliphatic rings. The van der Waals surface area contributed by atoms with Crippen LogP contribution < -0.4 is 5.73 Å². The van der Waals surface area contributed by atoms with Gasteiger partial charge in [0.05, 0.1) is 0 Å². The van der Waals surface area contributed by atoms with E-state index in [1.54, 1.807) is 23.3 Å². The molecule has 2 N–H and O–H groups in total. The minimum absolute atomic E-state index is 0.0648. The molecule has 0 aromatic carbocycles. The predicted octanol–water partition coefficient (Wildman–Crippen LogP) is 1.43. The average Bonchev–Trinajstić information content (AvgIpc) is 2.66. The number of imidazole rings is 1. The second-order valence-electron chi connectivity index (χ2n) is 3.99. The minimum Gasteiger partial charge on any atom is -0.358 e. The van der Waals surface area contributed by atoms with Crippen molar-refractivity contribution in [1.29, 1.82) is 0 Å². The summed E-state index contributed by atoms with van der Waals surface area (Å²) in [6.07, 6.45) is 1.31. The lowest BCUT2D eigenvalue weighted by atomic mass is 10.2. The molecule has 1 aromatic heterocycles. The molecule has 0 saturated carbocycles. The Balaban J connectivity index is 2.46. The molecule has 0 amide bonds. The van der Waals surface area contributed by atoms with E-state index in [2.05, 4.69) is 11.9 Å². The topological polar surface area (TPSA) is 87.0 Å². The summed E-state index contributed by atoms with van der Waals surface area (Å²) in [6.45, 7) is 5.17. The molecule has 0 aliphatic heterocycles. The third-order valence-corrected chi connectivity index (χ3v) is 3.76. The van der Waals surface area contributed by atoms with E-state index >= 15 is 0 Å². The maximum Gasteiger partial charge on any atom is 0.342 e. The molecule has 1 atom stereocenters. The molecule has 1 heterocycles. The van der Waals surface area contributed by atoms with Gasteiger partial charge in [-0.25, -0.2) is 9.55 Å². The van der Waals surface area contributed by atoms with Gasteiger partial charge in [0, 0.05) is 12.7 Å². The van der Waals surface area contributed by atoms with Crippen LogP contribution in [0.5, 0.6) is 0 Å². The summed E-state index contributed by atoms with van der Waals surface area (Å²) in [5.74, 6) is 3.05. The van der Waals surface area contributed by atoms with Crippen molar-refractivity contribution >= 4 is 17.6 Å². The van der Waals surface area contributed by atoms with Crippen LogP contribution in [0.1, 0.15) is 12.7 Å². The Morgan fingerprint density at radius 1 is 1.71 bits per heavy atom. The van der Waals surface area contributed by atoms with Crippen LogP contribution in [0.15, 0.2) is 6.20 Å². The van der Waals surface area contributed by atoms with E-state index in [-0.39, 0.29) is 5.82 Å². The number of rotatable bonds is 7. The monoisotopic (exact) mass is 258 g/mol. The zero-order chi connectivity index (χ0) is 12.8. The van der Waals surface area contributed by atoms with E-state index in [1.165, 1.54) is 6.20 Å². The Hall–Kier alpha value is -1.08. The molecule has 0 spiro atoms. The molecule has 0 bridgehead atoms. The predicted molar refractivity (Wildman–Crippen MR) is 69.2 cm³/mol. The normalized spacial score (nSPS) is 12.6. The maximum absolute atomic E-state index is 10.7. The van der Waals surface area contributed by atoms with Gasteiger partial charge in [-0.05, 0) is 23.1 Å². The van der Waals surface area contributed by atoms with Gasteiger partial charge < -0.3 is 15.8 Å². The molecule has 6 nitrogen and oxygen atoms in total. The molecule has 17 heavy (non-hydrogen) atoms. The Kier molecular flexibility index (Phi) is 5.43. The van der Waals surface area contributed by atoms with Crippen LogP contribution in [-0.4, -0.2) is 32.5 Å². The van der Waals surface area contributed by atoms with E-state index in [4.69, 9.17) is 5.73 Å². The van der Waals surface area contributed by atoms with E-state index in [9.17, 15) is 10.1 Å². The van der Waals surface area contributed by atoms with Crippen LogP contribution >= 0.6 is 11.8 Å². The summed E-state index contributed by atoms with van der Waals surface area (Å²) in [6, 6.07) is 0. The van der Waals surface area contributed by atoms with Gasteiger partial charge in [-0.15, -0.1) is 0 Å². The summed E-state index contributed by atoms with van der Waals surface area (Å²) in [5.41, 5.74) is 5.52. The summed E-state index contributed by atoms with van der Waals surface area (Å²) in [4.78, 5) is 14.3. The van der Waals surface area contributed by atoms with Crippen molar-refractivity contribution in [1.82, 2.24) is 9.55 Å². The SMILES string of the molecule is Cc1ncc([N+](=O)[O-])n1CCSCC(C)CN. The lowest BCUT2D eigenvalue weighted by molar-refractivity contribution is -0.392. The summed E-state index contributed by atoms with van der Waals surface area (Å²) < 4.78 is 1.64. The van der Waals surface area contributed by atoms with Crippen molar-refractivity contribution in [2.45, 2.75) is 20.4 Å². The highest BCUT2D eigenvalue weighted by Gasteiger charge is 2.16. The fourth-order valence-electron chi connectivity index (χ4n) is 1.39. The smallest absolute Gasteiger partial charge is 0.342 e. The van der Waals surface area contributed by atoms with Gasteiger partial charge in [0.1, 0.15) is 12.7 Å². The van der Waals surface area contributed by atoms with Crippen molar-refractivity contribution < 1.29 is 4.92 Å². The highest BCUT2D eigenvalue weighted by molar-refractivity contribution is 7.99. The van der Waals surface area contributed by atoms with Gasteiger partial charge in [-0.3, -0.25) is 0 Å². The first-order chi connectivity index (χ1) is 8.06. The van der Waals surface area contributed by atoms with Crippen LogP contribution in [-0.2, 0) is 6.54 Å². The molecule has 0 fully saturated rings. The summed E-state index contributed by atoms with van der Waals surface area (Å²) in [7, 11) is 0. The number of aromatic nitrogens is 2. The average molecular weight is 258 g/mol. The molecule has 0 aliphatic carbocycles. The van der Waals surface area contributed by atoms with Crippen molar-refractivity contribution in [3.63, 3.8) is 0 Å². The highest BCUT2D eigenvalue weighted by Crippen LogP contribution is 2.15. The summed E-state index contributed by atoms with van der Waals surface area (Å²) in [5, 5.41) is 10.7. The molecule has 1 aromatic rings. The van der Waals surface area contributed by atoms with Crippen molar-refractivity contribution in [3.05, 3.63) is 22.1 Å². The van der Waals surface area contributed by atoms with Crippen LogP contribution in [0.3, 0.4) is 0 Å². The standard InChI is InChI=1S/C10H18N4O2S/c1-8(5-11)7-17-4-3-13-9(2)12-6-10(13)14(15)16/h6,8H,3-5,7,11H2,1-2H3. The first kappa shape index (κ1) is 14.0. The van der Waals surface area contributed by atoms with E-state index < -0.39 is 4.92 Å². The second kappa shape index (κ2) is 6.61. The van der Waals surface area contributed by atoms with Crippen LogP contribution in [0.2, 0.25) is 0 Å². The fourth-order valence-corrected chi connectivity index (χ4v) is 2.40. The number of nitro groups is 1. The summed E-state index contributed by atoms with van der Waals surface area (Å²) >= 11 is 1.76. The van der Waals surface area contributed by atoms with Crippen LogP contribution in [0.4, 0.5) is 5.82 Å². The molecule has 1 unspecified atom stereocenters. The number of aryl methyl sites for hydroxylation is 1. The molecular formula is C10H18N4O2S. The van der Waals surface area contributed by atoms with Crippen LogP contribution in [0.25, 0.3) is 0 Å². The molecule has 7 heteroatoms. The Labute approximate surface area is 105 Å². The third kappa shape index (κ3) is 4.01. The third-order valence-electron chi connectivity index (χ3n) is 2.49. The zero-order valence-corrected chi connectivity index (χ0v) is 10.9. The number of hydrogen-bond donors (Lipinski definition) is 1. The van der Waals surface area contributed by atoms with E-state index in [1.807, 2.05) is 0 Å². The maximum atomic E-state index is 10.7. The first-order valence-electron chi connectivity index (χ1n) is 5.50. The molecule has 0 radical (unpaired) electrons. The van der Waals surface area contributed by atoms with E-state index in [0.717, 1.165) is 11.5 Å². The quantitative estimate of drug-likeness (QED) is 0.454. The largest absolute Gasteiger partial charge is 0.358 e. The van der Waals surface area contributed by atoms with Crippen LogP contribution in [0, 0.1) is 23.0 Å². The lowest BCUT2D eigenvalue weighted by Gasteiger charge is -2.07. The van der Waals surface area contributed by atoms with Gasteiger partial charge in [-0.1, -0.05) is 6.92 Å². The van der Waals surface area contributed by atoms with Gasteiger partial charge >= 0.3 is 5.82 Å². The van der Waals surface area contributed by atoms with Crippen molar-refractivity contribution in [2.24, 2.45) is 11.7 Å². The number of hydrogen-bond acceptors (Lipinski definition) is 5. The molecule has 0 saturated heterocycles. The number of nitrogens with zero attached hydrogens (tertiary/aromatic N) is 3. The molecular weight excluding hydrogens is 240 g/mol. The molecule has 96 valence electrons. The minimum atomic E-state index is -0.396. The van der Waals surface area contributed by atoms with Gasteiger partial charge in [0.15, 0.2) is 5.82 Å². The number of nitrogens with two attached hydrogens (primary N) is 1. The Morgan fingerprint density at radius 2 is 2.41 bits per heavy atom. The van der Waals surface area contributed by atoms with Gasteiger partial charge in [0.25, 0.3) is 0 Å². The van der Waals surface area contributed by atoms with Crippen molar-refractivity contribution in [3.8, 4) is 0 Å². The first-order valence-corrected chi connectivity index (χ1v) is 6.66. The Morgan fingerprint density at radius 3 is 3.00 bits per heavy atom. The van der Waals surface area contributed by atoms with Gasteiger partial charge in [0.2, 0.25) is 0 Å². The van der Waals surface area contributed by atoms with E-state index in [0.29, 0.717) is 24.8 Å². The highest BCUT2D eigenvalue weighted by atomic mass is 32.2. The van der Waals surface area contributed by atoms with Crippen molar-refractivity contribution in [2.75, 3.05) is 18.1 Å². The molecule has 1 rings (SSSR count). The Bertz CT molecular complexity index is 380. The van der Waals surface area contributed by atoms with Gasteiger partial charge in [-0.2, -0.15) is 11.8 Å². The fraction of sp³-hybridized carbons (Fsp3) is 0.700.